The van der Waals surface area contributed by atoms with Crippen molar-refractivity contribution >= 4 is 5.91 Å². The van der Waals surface area contributed by atoms with Crippen molar-refractivity contribution in [3.63, 3.8) is 0 Å². The van der Waals surface area contributed by atoms with Gasteiger partial charge in [0.25, 0.3) is 0 Å². The maximum absolute atomic E-state index is 11.3. The van der Waals surface area contributed by atoms with Crippen LogP contribution in [0.4, 0.5) is 0 Å². The predicted molar refractivity (Wildman–Crippen MR) is 47.3 cm³/mol. The Kier molecular flexibility index (Phi) is 3.56. The lowest BCUT2D eigenvalue weighted by Crippen LogP contribution is -2.36. The first-order valence-corrected chi connectivity index (χ1v) is 4.12. The second-order valence-electron chi connectivity index (χ2n) is 4.35. The number of hydrogen-bond donors (Lipinski definition) is 1. The molecule has 0 aromatic rings. The van der Waals surface area contributed by atoms with Crippen LogP contribution in [0.5, 0.6) is 0 Å². The van der Waals surface area contributed by atoms with Crippen LogP contribution < -0.4 is 5.32 Å². The predicted octanol–water partition coefficient (Wildman–Crippen LogP) is 1.80. The van der Waals surface area contributed by atoms with Crippen molar-refractivity contribution in [1.82, 2.24) is 5.32 Å². The minimum Gasteiger partial charge on any atom is -0.355 e. The van der Waals surface area contributed by atoms with Crippen LogP contribution in [-0.2, 0) is 4.79 Å². The molecule has 0 saturated heterocycles. The zero-order valence-electron chi connectivity index (χ0n) is 8.19. The Bertz CT molecular complexity index is 133. The molecule has 0 unspecified atom stereocenters. The van der Waals surface area contributed by atoms with E-state index in [1.807, 2.05) is 20.8 Å². The zero-order chi connectivity index (χ0) is 9.07. The minimum atomic E-state index is -0.255. The summed E-state index contributed by atoms with van der Waals surface area (Å²) < 4.78 is 0. The molecule has 2 nitrogen and oxygen atoms in total. The summed E-state index contributed by atoms with van der Waals surface area (Å²) in [5.74, 6) is 0.660. The van der Waals surface area contributed by atoms with Crippen molar-refractivity contribution in [3.8, 4) is 0 Å². The van der Waals surface area contributed by atoms with Gasteiger partial charge in [-0.3, -0.25) is 4.79 Å². The van der Waals surface area contributed by atoms with Crippen molar-refractivity contribution in [2.45, 2.75) is 34.6 Å². The van der Waals surface area contributed by atoms with Crippen LogP contribution in [0.2, 0.25) is 0 Å². The smallest absolute Gasteiger partial charge is 0.225 e. The average Bonchev–Trinajstić information content (AvgIpc) is 1.80. The fraction of sp³-hybridized carbons (Fsp3) is 0.889. The summed E-state index contributed by atoms with van der Waals surface area (Å²) in [5.41, 5.74) is -0.255. The molecule has 0 heterocycles. The summed E-state index contributed by atoms with van der Waals surface area (Å²) in [6, 6.07) is 0. The molecule has 0 radical (unpaired) electrons. The Morgan fingerprint density at radius 1 is 1.36 bits per heavy atom. The lowest BCUT2D eigenvalue weighted by molar-refractivity contribution is -0.128. The highest BCUT2D eigenvalue weighted by atomic mass is 16.2. The summed E-state index contributed by atoms with van der Waals surface area (Å²) in [6.07, 6.45) is 0. The number of carbonyl (C=O) groups is 1. The van der Waals surface area contributed by atoms with Gasteiger partial charge < -0.3 is 5.32 Å². The lowest BCUT2D eigenvalue weighted by Gasteiger charge is -2.18. The number of rotatable bonds is 2. The Labute approximate surface area is 69.4 Å². The van der Waals surface area contributed by atoms with Crippen molar-refractivity contribution in [3.05, 3.63) is 0 Å². The maximum atomic E-state index is 11.3. The summed E-state index contributed by atoms with van der Waals surface area (Å²) in [7, 11) is 0. The van der Waals surface area contributed by atoms with Crippen molar-refractivity contribution < 1.29 is 4.79 Å². The molecular weight excluding hydrogens is 138 g/mol. The number of nitrogens with one attached hydrogen (secondary N) is 1. The quantitative estimate of drug-likeness (QED) is 0.650. The molecule has 0 fully saturated rings. The van der Waals surface area contributed by atoms with Crippen LogP contribution in [0.1, 0.15) is 34.6 Å². The van der Waals surface area contributed by atoms with Gasteiger partial charge in [-0.15, -0.1) is 0 Å². The van der Waals surface area contributed by atoms with E-state index in [1.165, 1.54) is 0 Å². The second-order valence-corrected chi connectivity index (χ2v) is 4.35. The van der Waals surface area contributed by atoms with Gasteiger partial charge >= 0.3 is 0 Å². The monoisotopic (exact) mass is 157 g/mol. The first-order valence-electron chi connectivity index (χ1n) is 4.12. The van der Waals surface area contributed by atoms with Gasteiger partial charge in [0.05, 0.1) is 0 Å². The fourth-order valence-electron chi connectivity index (χ4n) is 0.562. The van der Waals surface area contributed by atoms with Gasteiger partial charge in [0.2, 0.25) is 5.91 Å². The van der Waals surface area contributed by atoms with E-state index in [9.17, 15) is 4.79 Å². The first-order chi connectivity index (χ1) is 4.84. The van der Waals surface area contributed by atoms with E-state index in [4.69, 9.17) is 0 Å². The topological polar surface area (TPSA) is 29.1 Å². The van der Waals surface area contributed by atoms with E-state index < -0.39 is 0 Å². The van der Waals surface area contributed by atoms with Crippen LogP contribution in [-0.4, -0.2) is 12.5 Å². The molecule has 0 saturated carbocycles. The molecule has 0 aliphatic heterocycles. The largest absolute Gasteiger partial charge is 0.355 e. The van der Waals surface area contributed by atoms with Gasteiger partial charge in [0.15, 0.2) is 0 Å². The molecule has 0 spiro atoms. The molecule has 0 bridgehead atoms. The Balaban J connectivity index is 3.71. The summed E-state index contributed by atoms with van der Waals surface area (Å²) in [6.45, 7) is 10.7. The highest BCUT2D eigenvalue weighted by molar-refractivity contribution is 5.81. The van der Waals surface area contributed by atoms with E-state index >= 15 is 0 Å². The van der Waals surface area contributed by atoms with Gasteiger partial charge in [-0.05, 0) is 5.92 Å². The molecule has 0 atom stereocenters. The average molecular weight is 157 g/mol. The summed E-state index contributed by atoms with van der Waals surface area (Å²) >= 11 is 0. The van der Waals surface area contributed by atoms with E-state index in [0.717, 1.165) is 6.54 Å². The molecule has 1 amide bonds. The molecule has 0 rings (SSSR count). The van der Waals surface area contributed by atoms with Gasteiger partial charge in [-0.25, -0.2) is 0 Å². The highest BCUT2D eigenvalue weighted by Gasteiger charge is 2.20. The molecule has 2 heteroatoms. The Hall–Kier alpha value is -0.530. The third kappa shape index (κ3) is 4.82. The van der Waals surface area contributed by atoms with Crippen LogP contribution in [0.3, 0.4) is 0 Å². The molecule has 1 N–H and O–H groups in total. The lowest BCUT2D eigenvalue weighted by atomic mass is 9.95. The number of carbonyl (C=O) groups excluding carboxylic acids is 1. The normalized spacial score (nSPS) is 11.8. The van der Waals surface area contributed by atoms with Gasteiger partial charge in [-0.2, -0.15) is 0 Å². The fourth-order valence-corrected chi connectivity index (χ4v) is 0.562. The molecule has 0 aromatic carbocycles. The van der Waals surface area contributed by atoms with Crippen molar-refractivity contribution in [1.29, 1.82) is 0 Å². The summed E-state index contributed by atoms with van der Waals surface area (Å²) in [5, 5.41) is 2.88. The highest BCUT2D eigenvalue weighted by Crippen LogP contribution is 2.12. The third-order valence-corrected chi connectivity index (χ3v) is 1.35. The second kappa shape index (κ2) is 3.74. The SMILES string of the molecule is CC(C)CNC(=O)C(C)(C)C. The molecule has 0 aromatic heterocycles. The van der Waals surface area contributed by atoms with Crippen molar-refractivity contribution in [2.24, 2.45) is 11.3 Å². The molecule has 0 aliphatic rings. The van der Waals surface area contributed by atoms with Crippen LogP contribution in [0, 0.1) is 11.3 Å². The number of hydrogen-bond acceptors (Lipinski definition) is 1. The van der Waals surface area contributed by atoms with E-state index in [1.54, 1.807) is 0 Å². The Morgan fingerprint density at radius 2 is 1.82 bits per heavy atom. The molecular formula is C9H19NO. The van der Waals surface area contributed by atoms with E-state index in [2.05, 4.69) is 19.2 Å². The number of amides is 1. The van der Waals surface area contributed by atoms with Crippen LogP contribution in [0.15, 0.2) is 0 Å². The molecule has 0 aliphatic carbocycles. The first kappa shape index (κ1) is 10.5. The van der Waals surface area contributed by atoms with Crippen LogP contribution in [0.25, 0.3) is 0 Å². The molecule has 66 valence electrons. The zero-order valence-corrected chi connectivity index (χ0v) is 8.19. The van der Waals surface area contributed by atoms with Gasteiger partial charge in [0.1, 0.15) is 0 Å². The Morgan fingerprint density at radius 3 is 2.09 bits per heavy atom. The van der Waals surface area contributed by atoms with Crippen LogP contribution >= 0.6 is 0 Å². The maximum Gasteiger partial charge on any atom is 0.225 e. The summed E-state index contributed by atoms with van der Waals surface area (Å²) in [4.78, 5) is 11.3. The van der Waals surface area contributed by atoms with Gasteiger partial charge in [0, 0.05) is 12.0 Å². The third-order valence-electron chi connectivity index (χ3n) is 1.35. The van der Waals surface area contributed by atoms with E-state index in [0.29, 0.717) is 5.92 Å². The standard InChI is InChI=1S/C9H19NO/c1-7(2)6-10-8(11)9(3,4)5/h7H,6H2,1-5H3,(H,10,11). The van der Waals surface area contributed by atoms with Crippen molar-refractivity contribution in [2.75, 3.05) is 6.54 Å². The minimum absolute atomic E-state index is 0.131. The van der Waals surface area contributed by atoms with E-state index in [-0.39, 0.29) is 11.3 Å². The molecule has 11 heavy (non-hydrogen) atoms. The van der Waals surface area contributed by atoms with Gasteiger partial charge in [-0.1, -0.05) is 34.6 Å².